The van der Waals surface area contributed by atoms with E-state index in [-0.39, 0.29) is 23.8 Å². The Morgan fingerprint density at radius 1 is 0.879 bits per heavy atom. The maximum atomic E-state index is 13.6. The van der Waals surface area contributed by atoms with Crippen LogP contribution in [-0.2, 0) is 4.79 Å². The van der Waals surface area contributed by atoms with Crippen molar-refractivity contribution in [3.05, 3.63) is 53.9 Å². The van der Waals surface area contributed by atoms with E-state index in [2.05, 4.69) is 9.88 Å². The molecule has 2 saturated heterocycles. The van der Waals surface area contributed by atoms with E-state index < -0.39 is 0 Å². The summed E-state index contributed by atoms with van der Waals surface area (Å²) in [5.41, 5.74) is 1.71. The summed E-state index contributed by atoms with van der Waals surface area (Å²) in [6.07, 6.45) is 9.31. The molecule has 176 valence electrons. The number of pyridine rings is 1. The molecule has 3 heterocycles. The second-order valence-corrected chi connectivity index (χ2v) is 8.85. The third-order valence-electron chi connectivity index (χ3n) is 6.86. The van der Waals surface area contributed by atoms with Crippen LogP contribution in [0.15, 0.2) is 42.7 Å². The van der Waals surface area contributed by atoms with E-state index in [9.17, 15) is 9.59 Å². The fourth-order valence-corrected chi connectivity index (χ4v) is 4.98. The predicted octanol–water partition coefficient (Wildman–Crippen LogP) is 4.09. The molecule has 1 aromatic carbocycles. The third-order valence-corrected chi connectivity index (χ3v) is 6.86. The van der Waals surface area contributed by atoms with E-state index in [4.69, 9.17) is 9.47 Å². The highest BCUT2D eigenvalue weighted by Gasteiger charge is 2.34. The van der Waals surface area contributed by atoms with Crippen LogP contribution in [0.5, 0.6) is 11.5 Å². The van der Waals surface area contributed by atoms with Gasteiger partial charge in [0.15, 0.2) is 0 Å². The lowest BCUT2D eigenvalue weighted by Crippen LogP contribution is -2.45. The maximum Gasteiger partial charge on any atom is 0.254 e. The summed E-state index contributed by atoms with van der Waals surface area (Å²) >= 11 is 0. The van der Waals surface area contributed by atoms with Gasteiger partial charge in [0.05, 0.1) is 20.3 Å². The zero-order valence-corrected chi connectivity index (χ0v) is 19.5. The molecule has 1 aromatic heterocycles. The third kappa shape index (κ3) is 5.29. The van der Waals surface area contributed by atoms with E-state index in [1.54, 1.807) is 44.8 Å². The van der Waals surface area contributed by atoms with Crippen molar-refractivity contribution in [2.45, 2.75) is 44.6 Å². The zero-order valence-electron chi connectivity index (χ0n) is 19.5. The minimum absolute atomic E-state index is 0.0451. The molecule has 2 aliphatic rings. The fourth-order valence-electron chi connectivity index (χ4n) is 4.98. The highest BCUT2D eigenvalue weighted by molar-refractivity contribution is 5.95. The average Bonchev–Trinajstić information content (AvgIpc) is 3.14. The van der Waals surface area contributed by atoms with Gasteiger partial charge in [-0.3, -0.25) is 14.6 Å². The molecule has 7 heteroatoms. The first-order valence-electron chi connectivity index (χ1n) is 11.8. The molecule has 33 heavy (non-hydrogen) atoms. The Labute approximate surface area is 195 Å². The normalized spacial score (nSPS) is 19.6. The minimum atomic E-state index is -0.0532. The molecule has 2 amide bonds. The molecule has 2 aromatic rings. The van der Waals surface area contributed by atoms with Crippen molar-refractivity contribution in [1.29, 1.82) is 0 Å². The lowest BCUT2D eigenvalue weighted by Gasteiger charge is -2.37. The first-order valence-corrected chi connectivity index (χ1v) is 11.8. The van der Waals surface area contributed by atoms with Crippen molar-refractivity contribution in [3.8, 4) is 11.5 Å². The molecule has 0 N–H and O–H groups in total. The number of carbonyl (C=O) groups excluding carboxylic acids is 2. The molecule has 1 unspecified atom stereocenters. The number of amides is 2. The smallest absolute Gasteiger partial charge is 0.254 e. The van der Waals surface area contributed by atoms with Gasteiger partial charge in [0, 0.05) is 49.6 Å². The Hall–Kier alpha value is -3.09. The molecule has 2 fully saturated rings. The van der Waals surface area contributed by atoms with Crippen molar-refractivity contribution >= 4 is 11.8 Å². The number of hydrogen-bond donors (Lipinski definition) is 0. The number of piperidine rings is 1. The number of rotatable bonds is 5. The van der Waals surface area contributed by atoms with Crippen LogP contribution in [0, 0.1) is 5.92 Å². The molecule has 0 radical (unpaired) electrons. The summed E-state index contributed by atoms with van der Waals surface area (Å²) < 4.78 is 10.6. The molecule has 0 saturated carbocycles. The summed E-state index contributed by atoms with van der Waals surface area (Å²) in [5, 5.41) is 0. The van der Waals surface area contributed by atoms with E-state index in [0.717, 1.165) is 32.2 Å². The number of benzene rings is 1. The van der Waals surface area contributed by atoms with E-state index >= 15 is 0 Å². The lowest BCUT2D eigenvalue weighted by atomic mass is 9.93. The second-order valence-electron chi connectivity index (χ2n) is 8.85. The number of likely N-dealkylation sites (tertiary alicyclic amines) is 2. The average molecular weight is 452 g/mol. The molecule has 1 atom stereocenters. The van der Waals surface area contributed by atoms with Crippen LogP contribution in [0.4, 0.5) is 0 Å². The van der Waals surface area contributed by atoms with Gasteiger partial charge in [-0.1, -0.05) is 12.8 Å². The van der Waals surface area contributed by atoms with Gasteiger partial charge in [-0.05, 0) is 55.5 Å². The number of nitrogens with zero attached hydrogens (tertiary/aromatic N) is 3. The van der Waals surface area contributed by atoms with Gasteiger partial charge in [-0.15, -0.1) is 0 Å². The van der Waals surface area contributed by atoms with Gasteiger partial charge in [0.2, 0.25) is 5.91 Å². The van der Waals surface area contributed by atoms with Crippen molar-refractivity contribution in [3.63, 3.8) is 0 Å². The Morgan fingerprint density at radius 3 is 2.18 bits per heavy atom. The monoisotopic (exact) mass is 451 g/mol. The van der Waals surface area contributed by atoms with Gasteiger partial charge in [0.25, 0.3) is 5.91 Å². The maximum absolute atomic E-state index is 13.6. The van der Waals surface area contributed by atoms with Crippen molar-refractivity contribution in [1.82, 2.24) is 14.8 Å². The fraction of sp³-hybridized carbons (Fsp3) is 0.500. The number of hydrogen-bond acceptors (Lipinski definition) is 5. The zero-order chi connectivity index (χ0) is 23.2. The Balaban J connectivity index is 1.42. The van der Waals surface area contributed by atoms with Crippen molar-refractivity contribution < 1.29 is 19.1 Å². The number of carbonyl (C=O) groups is 2. The van der Waals surface area contributed by atoms with Crippen molar-refractivity contribution in [2.75, 3.05) is 33.9 Å². The quantitative estimate of drug-likeness (QED) is 0.685. The van der Waals surface area contributed by atoms with Gasteiger partial charge >= 0.3 is 0 Å². The highest BCUT2D eigenvalue weighted by Crippen LogP contribution is 2.33. The molecule has 0 bridgehead atoms. The summed E-state index contributed by atoms with van der Waals surface area (Å²) in [7, 11) is 3.14. The van der Waals surface area contributed by atoms with Gasteiger partial charge < -0.3 is 19.3 Å². The van der Waals surface area contributed by atoms with E-state index in [0.29, 0.717) is 43.0 Å². The van der Waals surface area contributed by atoms with Crippen LogP contribution in [-0.4, -0.2) is 60.5 Å². The molecule has 7 nitrogen and oxygen atoms in total. The minimum Gasteiger partial charge on any atom is -0.497 e. The number of ether oxygens (including phenoxy) is 2. The van der Waals surface area contributed by atoms with Gasteiger partial charge in [0.1, 0.15) is 11.5 Å². The summed E-state index contributed by atoms with van der Waals surface area (Å²) in [5.74, 6) is 1.31. The van der Waals surface area contributed by atoms with Crippen LogP contribution < -0.4 is 9.47 Å². The largest absolute Gasteiger partial charge is 0.497 e. The molecule has 0 spiro atoms. The van der Waals surface area contributed by atoms with Crippen LogP contribution in [0.25, 0.3) is 0 Å². The first kappa shape index (κ1) is 23.1. The Morgan fingerprint density at radius 2 is 1.55 bits per heavy atom. The second kappa shape index (κ2) is 10.7. The topological polar surface area (TPSA) is 72.0 Å². The molecular formula is C26H33N3O4. The summed E-state index contributed by atoms with van der Waals surface area (Å²) in [6.45, 7) is 1.94. The van der Waals surface area contributed by atoms with Crippen LogP contribution >= 0.6 is 0 Å². The number of aromatic nitrogens is 1. The Kier molecular flexibility index (Phi) is 7.47. The molecular weight excluding hydrogens is 418 g/mol. The molecule has 2 aliphatic heterocycles. The van der Waals surface area contributed by atoms with Gasteiger partial charge in [-0.25, -0.2) is 0 Å². The SMILES string of the molecule is COc1cc(OC)cc(C(=O)N2CCC(C(=O)N3CCCCCC3c3ccncc3)CC2)c1. The lowest BCUT2D eigenvalue weighted by molar-refractivity contribution is -0.139. The number of methoxy groups -OCH3 is 2. The van der Waals surface area contributed by atoms with Crippen LogP contribution in [0.3, 0.4) is 0 Å². The highest BCUT2D eigenvalue weighted by atomic mass is 16.5. The molecule has 4 rings (SSSR count). The van der Waals surface area contributed by atoms with Crippen LogP contribution in [0.1, 0.15) is 60.5 Å². The Bertz CT molecular complexity index is 935. The standard InChI is InChI=1S/C26H33N3O4/c1-32-22-16-21(17-23(18-22)33-2)25(30)28-14-9-20(10-15-28)26(31)29-13-5-3-4-6-24(29)19-7-11-27-12-8-19/h7-8,11-12,16-18,20,24H,3-6,9-10,13-15H2,1-2H3. The van der Waals surface area contributed by atoms with E-state index in [1.807, 2.05) is 17.0 Å². The van der Waals surface area contributed by atoms with Crippen molar-refractivity contribution in [2.24, 2.45) is 5.92 Å². The summed E-state index contributed by atoms with van der Waals surface area (Å²) in [6, 6.07) is 9.39. The first-order chi connectivity index (χ1) is 16.1. The molecule has 0 aliphatic carbocycles. The summed E-state index contributed by atoms with van der Waals surface area (Å²) in [4.78, 5) is 34.8. The van der Waals surface area contributed by atoms with Crippen LogP contribution in [0.2, 0.25) is 0 Å². The van der Waals surface area contributed by atoms with Gasteiger partial charge in [-0.2, -0.15) is 0 Å². The van der Waals surface area contributed by atoms with E-state index in [1.165, 1.54) is 5.56 Å². The predicted molar refractivity (Wildman–Crippen MR) is 125 cm³/mol.